The number of benzene rings is 11. The molecule has 0 saturated heterocycles. The van der Waals surface area contributed by atoms with Crippen LogP contribution in [0.1, 0.15) is 58.4 Å². The molecular formula is C66H47N. The molecule has 0 aliphatic heterocycles. The first-order chi connectivity index (χ1) is 32.9. The van der Waals surface area contributed by atoms with Crippen LogP contribution < -0.4 is 4.90 Å². The van der Waals surface area contributed by atoms with Crippen molar-refractivity contribution in [3.05, 3.63) is 281 Å². The van der Waals surface area contributed by atoms with Crippen LogP contribution in [0.2, 0.25) is 0 Å². The quantitative estimate of drug-likeness (QED) is 0.109. The van der Waals surface area contributed by atoms with Crippen LogP contribution in [0.25, 0.3) is 66.7 Å². The molecule has 2 aliphatic carbocycles. The van der Waals surface area contributed by atoms with E-state index < -0.39 is 5.41 Å². The highest BCUT2D eigenvalue weighted by Gasteiger charge is 2.46. The lowest BCUT2D eigenvalue weighted by Gasteiger charge is -2.35. The molecule has 0 N–H and O–H groups in total. The summed E-state index contributed by atoms with van der Waals surface area (Å²) in [5.74, 6) is 0. The fraction of sp³-hybridized carbons (Fsp3) is 0.0606. The van der Waals surface area contributed by atoms with Crippen molar-refractivity contribution in [1.82, 2.24) is 0 Å². The summed E-state index contributed by atoms with van der Waals surface area (Å²) < 4.78 is 0. The van der Waals surface area contributed by atoms with E-state index in [0.717, 1.165) is 17.1 Å². The van der Waals surface area contributed by atoms with Gasteiger partial charge in [0.25, 0.3) is 0 Å². The van der Waals surface area contributed by atoms with Crippen LogP contribution in [-0.4, -0.2) is 0 Å². The van der Waals surface area contributed by atoms with Crippen LogP contribution in [0.5, 0.6) is 0 Å². The first-order valence-electron chi connectivity index (χ1n) is 23.5. The highest BCUT2D eigenvalue weighted by atomic mass is 15.1. The molecule has 0 saturated carbocycles. The summed E-state index contributed by atoms with van der Waals surface area (Å²) in [5.41, 5.74) is 18.2. The Kier molecular flexibility index (Phi) is 8.85. The van der Waals surface area contributed by atoms with Gasteiger partial charge in [-0.2, -0.15) is 0 Å². The van der Waals surface area contributed by atoms with Gasteiger partial charge in [0, 0.05) is 22.5 Å². The monoisotopic (exact) mass is 853 g/mol. The maximum Gasteiger partial charge on any atom is 0.0714 e. The Morgan fingerprint density at radius 2 is 0.851 bits per heavy atom. The van der Waals surface area contributed by atoms with E-state index in [0.29, 0.717) is 0 Å². The van der Waals surface area contributed by atoms with Gasteiger partial charge < -0.3 is 4.90 Å². The summed E-state index contributed by atoms with van der Waals surface area (Å²) >= 11 is 0. The summed E-state index contributed by atoms with van der Waals surface area (Å²) in [6.07, 6.45) is 4.56. The molecule has 0 amide bonds. The molecule has 0 atom stereocenters. The van der Waals surface area contributed by atoms with Gasteiger partial charge in [-0.05, 0) is 160 Å². The fourth-order valence-corrected chi connectivity index (χ4v) is 11.7. The van der Waals surface area contributed by atoms with Gasteiger partial charge in [-0.3, -0.25) is 0 Å². The van der Waals surface area contributed by atoms with Crippen LogP contribution in [0.15, 0.2) is 237 Å². The van der Waals surface area contributed by atoms with Crippen molar-refractivity contribution in [3.8, 4) is 22.3 Å². The van der Waals surface area contributed by atoms with Gasteiger partial charge in [0.1, 0.15) is 0 Å². The molecule has 316 valence electrons. The van der Waals surface area contributed by atoms with Gasteiger partial charge in [0.15, 0.2) is 0 Å². The number of hydrogen-bond acceptors (Lipinski definition) is 1. The van der Waals surface area contributed by atoms with Gasteiger partial charge in [0.05, 0.1) is 5.41 Å². The van der Waals surface area contributed by atoms with Crippen LogP contribution in [0, 0.1) is 0 Å². The highest BCUT2D eigenvalue weighted by Crippen LogP contribution is 2.57. The number of hydrogen-bond donors (Lipinski definition) is 0. The van der Waals surface area contributed by atoms with Crippen LogP contribution in [0.4, 0.5) is 17.1 Å². The Hall–Kier alpha value is -8.26. The Balaban J connectivity index is 0.869. The third kappa shape index (κ3) is 6.08. The number of rotatable bonds is 8. The van der Waals surface area contributed by atoms with Gasteiger partial charge in [-0.15, -0.1) is 0 Å². The molecule has 11 aromatic rings. The van der Waals surface area contributed by atoms with Gasteiger partial charge in [0.2, 0.25) is 0 Å². The minimum Gasteiger partial charge on any atom is -0.310 e. The molecule has 11 aromatic carbocycles. The average molecular weight is 854 g/mol. The first kappa shape index (κ1) is 39.1. The van der Waals surface area contributed by atoms with E-state index in [9.17, 15) is 0 Å². The lowest BCUT2D eigenvalue weighted by Crippen LogP contribution is -2.28. The smallest absolute Gasteiger partial charge is 0.0714 e. The molecule has 0 unspecified atom stereocenters. The van der Waals surface area contributed by atoms with Gasteiger partial charge >= 0.3 is 0 Å². The molecule has 13 rings (SSSR count). The van der Waals surface area contributed by atoms with Crippen molar-refractivity contribution in [2.45, 2.75) is 24.7 Å². The van der Waals surface area contributed by atoms with E-state index in [4.69, 9.17) is 0 Å². The average Bonchev–Trinajstić information content (AvgIpc) is 3.81. The normalized spacial score (nSPS) is 14.0. The summed E-state index contributed by atoms with van der Waals surface area (Å²) in [7, 11) is 0. The van der Waals surface area contributed by atoms with Crippen molar-refractivity contribution < 1.29 is 0 Å². The lowest BCUT2D eigenvalue weighted by atomic mass is 9.67. The molecule has 0 bridgehead atoms. The minimum atomic E-state index is -0.481. The van der Waals surface area contributed by atoms with E-state index in [1.165, 1.54) is 99.1 Å². The third-order valence-corrected chi connectivity index (χ3v) is 14.8. The van der Waals surface area contributed by atoms with Crippen molar-refractivity contribution in [3.63, 3.8) is 0 Å². The molecule has 2 aliphatic rings. The maximum absolute atomic E-state index is 2.45. The maximum atomic E-state index is 2.45. The molecular weight excluding hydrogens is 807 g/mol. The Morgan fingerprint density at radius 1 is 0.328 bits per heavy atom. The van der Waals surface area contributed by atoms with E-state index in [1.54, 1.807) is 0 Å². The number of anilines is 3. The van der Waals surface area contributed by atoms with E-state index in [2.05, 4.69) is 267 Å². The largest absolute Gasteiger partial charge is 0.310 e. The topological polar surface area (TPSA) is 3.24 Å². The molecule has 0 radical (unpaired) electrons. The molecule has 0 aromatic heterocycles. The third-order valence-electron chi connectivity index (χ3n) is 14.8. The predicted molar refractivity (Wildman–Crippen MR) is 284 cm³/mol. The summed E-state index contributed by atoms with van der Waals surface area (Å²) in [4.78, 5) is 2.41. The predicted octanol–water partition coefficient (Wildman–Crippen LogP) is 17.5. The Morgan fingerprint density at radius 3 is 1.58 bits per heavy atom. The van der Waals surface area contributed by atoms with Crippen LogP contribution in [-0.2, 0) is 10.8 Å². The number of para-hydroxylation sites is 1. The highest BCUT2D eigenvalue weighted by molar-refractivity contribution is 6.16. The second kappa shape index (κ2) is 15.2. The van der Waals surface area contributed by atoms with Crippen molar-refractivity contribution >= 4 is 61.5 Å². The zero-order valence-electron chi connectivity index (χ0n) is 37.6. The Bertz CT molecular complexity index is 3710. The molecule has 67 heavy (non-hydrogen) atoms. The zero-order valence-corrected chi connectivity index (χ0v) is 37.6. The molecule has 1 heteroatoms. The summed E-state index contributed by atoms with van der Waals surface area (Å²) in [6, 6.07) is 87.7. The van der Waals surface area contributed by atoms with E-state index >= 15 is 0 Å². The molecule has 1 nitrogen and oxygen atoms in total. The summed E-state index contributed by atoms with van der Waals surface area (Å²) in [6.45, 7) is 4.78. The van der Waals surface area contributed by atoms with Gasteiger partial charge in [-0.1, -0.05) is 202 Å². The van der Waals surface area contributed by atoms with E-state index in [1.807, 2.05) is 0 Å². The second-order valence-electron chi connectivity index (χ2n) is 18.9. The zero-order chi connectivity index (χ0) is 44.7. The van der Waals surface area contributed by atoms with Crippen LogP contribution >= 0.6 is 0 Å². The number of fused-ring (bicyclic) bond motifs is 4. The fourth-order valence-electron chi connectivity index (χ4n) is 11.7. The second-order valence-corrected chi connectivity index (χ2v) is 18.9. The molecule has 0 fully saturated rings. The SMILES string of the molecule is CC1(C)c2cc(/C=C/c3ccc4cc(N(c5ccccc5)c5ccc6c(c5)C(c5ccccc5)(c5ccccc5)c5ccccc5-6)ccc4c3)cc3ccc4cc(-c5ccccc5)cc1c4c23. The number of nitrogens with zero attached hydrogens (tertiary/aromatic N) is 1. The van der Waals surface area contributed by atoms with Crippen molar-refractivity contribution in [2.75, 3.05) is 4.90 Å². The van der Waals surface area contributed by atoms with E-state index in [-0.39, 0.29) is 5.41 Å². The van der Waals surface area contributed by atoms with Crippen molar-refractivity contribution in [1.29, 1.82) is 0 Å². The Labute approximate surface area is 392 Å². The molecule has 0 spiro atoms. The van der Waals surface area contributed by atoms with Gasteiger partial charge in [-0.25, -0.2) is 0 Å². The van der Waals surface area contributed by atoms with Crippen LogP contribution in [0.3, 0.4) is 0 Å². The lowest BCUT2D eigenvalue weighted by molar-refractivity contribution is 0.663. The summed E-state index contributed by atoms with van der Waals surface area (Å²) in [5, 5.41) is 7.83. The molecule has 0 heterocycles. The van der Waals surface area contributed by atoms with Crippen molar-refractivity contribution in [2.24, 2.45) is 0 Å². The minimum absolute atomic E-state index is 0.110. The standard InChI is InChI=1S/C66H47N/c1-65(2)61-39-45(38-49-31-32-50-40-51(46-17-7-3-8-18-46)42-62(65)64(50)63(49)61)28-27-44-29-30-48-41-55(34-33-47(48)37-44)67(54-23-13-6-14-24-54)56-35-36-58-57-25-15-16-26-59(57)66(60(58)43-56,52-19-9-4-10-20-52)53-21-11-5-12-22-53/h3-43H,1-2H3/b28-27+. The first-order valence-corrected chi connectivity index (χ1v) is 23.5.